The SMILES string of the molecule is O=NC1C=C2CCCC[C@H]2CC1. The summed E-state index contributed by atoms with van der Waals surface area (Å²) in [7, 11) is 0. The lowest BCUT2D eigenvalue weighted by molar-refractivity contribution is 0.388. The fraction of sp³-hybridized carbons (Fsp3) is 0.800. The van der Waals surface area contributed by atoms with Gasteiger partial charge >= 0.3 is 0 Å². The topological polar surface area (TPSA) is 29.4 Å². The maximum Gasteiger partial charge on any atom is 0.110 e. The Hall–Kier alpha value is -0.660. The Bertz CT molecular complexity index is 210. The zero-order valence-corrected chi connectivity index (χ0v) is 7.33. The molecule has 0 radical (unpaired) electrons. The third-order valence-electron chi connectivity index (χ3n) is 3.15. The minimum absolute atomic E-state index is 0.00523. The van der Waals surface area contributed by atoms with E-state index in [0.717, 1.165) is 12.3 Å². The van der Waals surface area contributed by atoms with Crippen molar-refractivity contribution < 1.29 is 0 Å². The molecule has 66 valence electrons. The summed E-state index contributed by atoms with van der Waals surface area (Å²) in [5, 5.41) is 3.11. The van der Waals surface area contributed by atoms with E-state index in [0.29, 0.717) is 0 Å². The van der Waals surface area contributed by atoms with Crippen LogP contribution in [0.3, 0.4) is 0 Å². The van der Waals surface area contributed by atoms with Gasteiger partial charge in [-0.3, -0.25) is 0 Å². The van der Waals surface area contributed by atoms with E-state index in [-0.39, 0.29) is 6.04 Å². The average Bonchev–Trinajstić information content (AvgIpc) is 2.17. The second-order valence-electron chi connectivity index (χ2n) is 3.93. The van der Waals surface area contributed by atoms with Gasteiger partial charge in [-0.15, -0.1) is 0 Å². The van der Waals surface area contributed by atoms with E-state index >= 15 is 0 Å². The van der Waals surface area contributed by atoms with Crippen molar-refractivity contribution in [2.75, 3.05) is 0 Å². The summed E-state index contributed by atoms with van der Waals surface area (Å²) in [6.45, 7) is 0. The largest absolute Gasteiger partial charge is 0.150 e. The second kappa shape index (κ2) is 3.38. The van der Waals surface area contributed by atoms with Crippen LogP contribution < -0.4 is 0 Å². The van der Waals surface area contributed by atoms with Gasteiger partial charge in [0, 0.05) is 0 Å². The van der Waals surface area contributed by atoms with Gasteiger partial charge in [-0.25, -0.2) is 0 Å². The average molecular weight is 165 g/mol. The molecule has 0 amide bonds. The third kappa shape index (κ3) is 1.43. The van der Waals surface area contributed by atoms with Crippen molar-refractivity contribution in [3.05, 3.63) is 16.6 Å². The molecule has 0 bridgehead atoms. The van der Waals surface area contributed by atoms with E-state index in [9.17, 15) is 4.91 Å². The Labute approximate surface area is 73.0 Å². The first-order valence-corrected chi connectivity index (χ1v) is 4.93. The van der Waals surface area contributed by atoms with Gasteiger partial charge in [-0.2, -0.15) is 4.91 Å². The lowest BCUT2D eigenvalue weighted by Crippen LogP contribution is -2.19. The van der Waals surface area contributed by atoms with Gasteiger partial charge in [-0.1, -0.05) is 23.2 Å². The number of fused-ring (bicyclic) bond motifs is 1. The molecular formula is C10H15NO. The fourth-order valence-electron chi connectivity index (χ4n) is 2.44. The van der Waals surface area contributed by atoms with E-state index in [1.165, 1.54) is 37.7 Å². The normalized spacial score (nSPS) is 35.2. The van der Waals surface area contributed by atoms with Gasteiger partial charge in [0.15, 0.2) is 0 Å². The highest BCUT2D eigenvalue weighted by Crippen LogP contribution is 2.37. The fourth-order valence-corrected chi connectivity index (χ4v) is 2.44. The standard InChI is InChI=1S/C10H15NO/c12-11-10-6-5-8-3-1-2-4-9(8)7-10/h7-8,10H,1-6H2/t8-,10?/m0/s1. The number of rotatable bonds is 1. The van der Waals surface area contributed by atoms with Crippen LogP contribution in [0.15, 0.2) is 16.8 Å². The summed E-state index contributed by atoms with van der Waals surface area (Å²) in [5.41, 5.74) is 1.53. The molecule has 0 N–H and O–H groups in total. The molecule has 0 saturated heterocycles. The van der Waals surface area contributed by atoms with E-state index in [1.54, 1.807) is 0 Å². The van der Waals surface area contributed by atoms with Crippen LogP contribution in [-0.2, 0) is 0 Å². The van der Waals surface area contributed by atoms with E-state index in [2.05, 4.69) is 11.3 Å². The number of hydrogen-bond acceptors (Lipinski definition) is 2. The molecule has 12 heavy (non-hydrogen) atoms. The van der Waals surface area contributed by atoms with Gasteiger partial charge in [0.1, 0.15) is 6.04 Å². The summed E-state index contributed by atoms with van der Waals surface area (Å²) >= 11 is 0. The van der Waals surface area contributed by atoms with Crippen molar-refractivity contribution in [2.45, 2.75) is 44.6 Å². The van der Waals surface area contributed by atoms with Crippen molar-refractivity contribution in [1.82, 2.24) is 0 Å². The Kier molecular flexibility index (Phi) is 2.24. The van der Waals surface area contributed by atoms with Crippen LogP contribution in [0.4, 0.5) is 0 Å². The van der Waals surface area contributed by atoms with Crippen LogP contribution in [0.1, 0.15) is 38.5 Å². The highest BCUT2D eigenvalue weighted by Gasteiger charge is 2.25. The first-order valence-electron chi connectivity index (χ1n) is 4.93. The molecule has 0 aliphatic heterocycles. The van der Waals surface area contributed by atoms with E-state index in [4.69, 9.17) is 0 Å². The lowest BCUT2D eigenvalue weighted by Gasteiger charge is -2.30. The quantitative estimate of drug-likeness (QED) is 0.433. The monoisotopic (exact) mass is 165 g/mol. The molecule has 2 nitrogen and oxygen atoms in total. The van der Waals surface area contributed by atoms with Crippen molar-refractivity contribution in [2.24, 2.45) is 11.1 Å². The van der Waals surface area contributed by atoms with Crippen molar-refractivity contribution in [1.29, 1.82) is 0 Å². The van der Waals surface area contributed by atoms with Gasteiger partial charge in [0.2, 0.25) is 0 Å². The molecule has 1 unspecified atom stereocenters. The minimum Gasteiger partial charge on any atom is -0.150 e. The number of nitrogens with zero attached hydrogens (tertiary/aromatic N) is 1. The van der Waals surface area contributed by atoms with Crippen LogP contribution in [0, 0.1) is 10.8 Å². The van der Waals surface area contributed by atoms with E-state index in [1.807, 2.05) is 0 Å². The summed E-state index contributed by atoms with van der Waals surface area (Å²) in [6, 6.07) is -0.00523. The second-order valence-corrected chi connectivity index (χ2v) is 3.93. The highest BCUT2D eigenvalue weighted by molar-refractivity contribution is 5.16. The number of hydrogen-bond donors (Lipinski definition) is 0. The number of nitroso groups, excluding NO2 is 1. The van der Waals surface area contributed by atoms with Crippen molar-refractivity contribution in [3.63, 3.8) is 0 Å². The Balaban J connectivity index is 2.11. The lowest BCUT2D eigenvalue weighted by atomic mass is 9.77. The molecule has 0 aromatic heterocycles. The van der Waals surface area contributed by atoms with Gasteiger partial charge in [0.05, 0.1) is 0 Å². The zero-order valence-electron chi connectivity index (χ0n) is 7.33. The van der Waals surface area contributed by atoms with Crippen molar-refractivity contribution >= 4 is 0 Å². The molecule has 2 aliphatic carbocycles. The molecule has 2 rings (SSSR count). The molecule has 0 aromatic rings. The summed E-state index contributed by atoms with van der Waals surface area (Å²) < 4.78 is 0. The van der Waals surface area contributed by atoms with E-state index < -0.39 is 0 Å². The molecular weight excluding hydrogens is 150 g/mol. The van der Waals surface area contributed by atoms with Gasteiger partial charge < -0.3 is 0 Å². The maximum absolute atomic E-state index is 10.3. The maximum atomic E-state index is 10.3. The predicted octanol–water partition coefficient (Wildman–Crippen LogP) is 3.03. The molecule has 1 fully saturated rings. The molecule has 2 heteroatoms. The Morgan fingerprint density at radius 1 is 1.25 bits per heavy atom. The van der Waals surface area contributed by atoms with Crippen LogP contribution in [0.5, 0.6) is 0 Å². The molecule has 0 heterocycles. The van der Waals surface area contributed by atoms with Gasteiger partial charge in [-0.05, 0) is 38.0 Å². The predicted molar refractivity (Wildman–Crippen MR) is 48.9 cm³/mol. The summed E-state index contributed by atoms with van der Waals surface area (Å²) in [6.07, 6.45) is 9.56. The smallest absolute Gasteiger partial charge is 0.110 e. The Morgan fingerprint density at radius 2 is 2.17 bits per heavy atom. The minimum atomic E-state index is -0.00523. The third-order valence-corrected chi connectivity index (χ3v) is 3.15. The summed E-state index contributed by atoms with van der Waals surface area (Å²) in [5.74, 6) is 0.803. The zero-order chi connectivity index (χ0) is 8.39. The molecule has 0 aromatic carbocycles. The van der Waals surface area contributed by atoms with Crippen LogP contribution in [0.25, 0.3) is 0 Å². The molecule has 2 aliphatic rings. The van der Waals surface area contributed by atoms with Crippen molar-refractivity contribution in [3.8, 4) is 0 Å². The summed E-state index contributed by atoms with van der Waals surface area (Å²) in [4.78, 5) is 10.3. The van der Waals surface area contributed by atoms with Crippen LogP contribution in [0.2, 0.25) is 0 Å². The molecule has 2 atom stereocenters. The van der Waals surface area contributed by atoms with Crippen LogP contribution >= 0.6 is 0 Å². The first-order chi connectivity index (χ1) is 5.90. The highest BCUT2D eigenvalue weighted by atomic mass is 16.3. The number of allylic oxidation sites excluding steroid dienone is 1. The van der Waals surface area contributed by atoms with Crippen LogP contribution in [-0.4, -0.2) is 6.04 Å². The Morgan fingerprint density at radius 3 is 3.00 bits per heavy atom. The molecule has 1 saturated carbocycles. The molecule has 0 spiro atoms. The van der Waals surface area contributed by atoms with Gasteiger partial charge in [0.25, 0.3) is 0 Å². The first kappa shape index (κ1) is 7.96.